The first-order valence-corrected chi connectivity index (χ1v) is 9.86. The Morgan fingerprint density at radius 1 is 1.26 bits per heavy atom. The number of benzene rings is 2. The first-order chi connectivity index (χ1) is 12.7. The topological polar surface area (TPSA) is 87.1 Å². The Labute approximate surface area is 158 Å². The molecule has 1 heterocycles. The van der Waals surface area contributed by atoms with E-state index in [0.29, 0.717) is 16.9 Å². The molecule has 144 valence electrons. The summed E-state index contributed by atoms with van der Waals surface area (Å²) < 4.78 is 32.0. The predicted molar refractivity (Wildman–Crippen MR) is 101 cm³/mol. The van der Waals surface area contributed by atoms with Crippen LogP contribution in [0.1, 0.15) is 17.2 Å². The highest BCUT2D eigenvalue weighted by molar-refractivity contribution is 7.89. The number of hydrogen-bond acceptors (Lipinski definition) is 5. The molecule has 0 radical (unpaired) electrons. The highest BCUT2D eigenvalue weighted by atomic mass is 32.2. The lowest BCUT2D eigenvalue weighted by atomic mass is 10.1. The molecule has 0 fully saturated rings. The Hall–Kier alpha value is -2.42. The van der Waals surface area contributed by atoms with Crippen LogP contribution in [-0.2, 0) is 21.2 Å². The molecule has 0 aromatic heterocycles. The monoisotopic (exact) mass is 390 g/mol. The SMILES string of the molecule is COc1cccc(C(O)CN(C)S(=O)(=O)c2ccc3c(c2)CC(=O)N3C)c1. The second-order valence-corrected chi connectivity index (χ2v) is 8.54. The van der Waals surface area contributed by atoms with Gasteiger partial charge in [0.2, 0.25) is 15.9 Å². The summed E-state index contributed by atoms with van der Waals surface area (Å²) >= 11 is 0. The summed E-state index contributed by atoms with van der Waals surface area (Å²) in [4.78, 5) is 13.4. The van der Waals surface area contributed by atoms with Crippen molar-refractivity contribution >= 4 is 21.6 Å². The van der Waals surface area contributed by atoms with E-state index in [1.54, 1.807) is 37.4 Å². The van der Waals surface area contributed by atoms with Gasteiger partial charge in [-0.05, 0) is 41.5 Å². The number of sulfonamides is 1. The van der Waals surface area contributed by atoms with Crippen LogP contribution in [-0.4, -0.2) is 51.5 Å². The standard InChI is InChI=1S/C19H22N2O5S/c1-20(12-18(22)13-5-4-6-15(9-13)26-3)27(24,25)16-7-8-17-14(10-16)11-19(23)21(17)2/h4-10,18,22H,11-12H2,1-3H3. The second-order valence-electron chi connectivity index (χ2n) is 6.50. The fourth-order valence-electron chi connectivity index (χ4n) is 3.08. The van der Waals surface area contributed by atoms with E-state index in [0.717, 1.165) is 9.99 Å². The zero-order valence-electron chi connectivity index (χ0n) is 15.4. The molecule has 1 atom stereocenters. The van der Waals surface area contributed by atoms with Crippen molar-refractivity contribution in [1.82, 2.24) is 4.31 Å². The van der Waals surface area contributed by atoms with Crippen molar-refractivity contribution in [2.45, 2.75) is 17.4 Å². The third-order valence-electron chi connectivity index (χ3n) is 4.74. The van der Waals surface area contributed by atoms with Crippen molar-refractivity contribution in [2.75, 3.05) is 32.6 Å². The van der Waals surface area contributed by atoms with Gasteiger partial charge in [0.15, 0.2) is 0 Å². The van der Waals surface area contributed by atoms with Crippen LogP contribution in [0.15, 0.2) is 47.4 Å². The predicted octanol–water partition coefficient (Wildman–Crippen LogP) is 1.57. The maximum atomic E-state index is 12.9. The van der Waals surface area contributed by atoms with Gasteiger partial charge in [0, 0.05) is 26.3 Å². The number of rotatable bonds is 6. The number of aliphatic hydroxyl groups excluding tert-OH is 1. The molecule has 27 heavy (non-hydrogen) atoms. The van der Waals surface area contributed by atoms with Crippen LogP contribution in [0, 0.1) is 0 Å². The number of carbonyl (C=O) groups excluding carboxylic acids is 1. The Morgan fingerprint density at radius 3 is 2.70 bits per heavy atom. The molecule has 0 saturated heterocycles. The fraction of sp³-hybridized carbons (Fsp3) is 0.316. The normalized spacial score (nSPS) is 15.1. The fourth-order valence-corrected chi connectivity index (χ4v) is 4.31. The van der Waals surface area contributed by atoms with Gasteiger partial charge in [-0.15, -0.1) is 0 Å². The molecular formula is C19H22N2O5S. The van der Waals surface area contributed by atoms with E-state index in [9.17, 15) is 18.3 Å². The molecule has 0 saturated carbocycles. The Balaban J connectivity index is 1.80. The van der Waals surface area contributed by atoms with Crippen LogP contribution in [0.2, 0.25) is 0 Å². The van der Waals surface area contributed by atoms with E-state index in [-0.39, 0.29) is 23.8 Å². The minimum Gasteiger partial charge on any atom is -0.497 e. The van der Waals surface area contributed by atoms with Crippen LogP contribution in [0.3, 0.4) is 0 Å². The summed E-state index contributed by atoms with van der Waals surface area (Å²) in [5.41, 5.74) is 1.97. The van der Waals surface area contributed by atoms with Gasteiger partial charge >= 0.3 is 0 Å². The largest absolute Gasteiger partial charge is 0.497 e. The van der Waals surface area contributed by atoms with Gasteiger partial charge in [-0.2, -0.15) is 4.31 Å². The van der Waals surface area contributed by atoms with E-state index < -0.39 is 16.1 Å². The number of fused-ring (bicyclic) bond motifs is 1. The second kappa shape index (κ2) is 7.30. The van der Waals surface area contributed by atoms with Crippen LogP contribution < -0.4 is 9.64 Å². The third-order valence-corrected chi connectivity index (χ3v) is 6.56. The molecule has 3 rings (SSSR count). The number of likely N-dealkylation sites (N-methyl/N-ethyl adjacent to an activating group) is 2. The number of carbonyl (C=O) groups is 1. The quantitative estimate of drug-likeness (QED) is 0.809. The summed E-state index contributed by atoms with van der Waals surface area (Å²) in [6.45, 7) is -0.106. The van der Waals surface area contributed by atoms with Crippen molar-refractivity contribution in [3.05, 3.63) is 53.6 Å². The summed E-state index contributed by atoms with van der Waals surface area (Å²) in [7, 11) is 0.809. The van der Waals surface area contributed by atoms with Crippen LogP contribution >= 0.6 is 0 Å². The summed E-state index contributed by atoms with van der Waals surface area (Å²) in [6.07, 6.45) is -0.812. The average molecular weight is 390 g/mol. The minimum absolute atomic E-state index is 0.0682. The first-order valence-electron chi connectivity index (χ1n) is 8.42. The number of methoxy groups -OCH3 is 1. The molecule has 1 unspecified atom stereocenters. The van der Waals surface area contributed by atoms with E-state index in [4.69, 9.17) is 4.74 Å². The van der Waals surface area contributed by atoms with Gasteiger partial charge in [-0.3, -0.25) is 4.79 Å². The molecule has 1 aliphatic heterocycles. The van der Waals surface area contributed by atoms with Gasteiger partial charge in [-0.25, -0.2) is 8.42 Å². The Morgan fingerprint density at radius 2 is 2.00 bits per heavy atom. The van der Waals surface area contributed by atoms with Crippen LogP contribution in [0.4, 0.5) is 5.69 Å². The van der Waals surface area contributed by atoms with Crippen molar-refractivity contribution < 1.29 is 23.1 Å². The van der Waals surface area contributed by atoms with E-state index in [1.165, 1.54) is 31.2 Å². The summed E-state index contributed by atoms with van der Waals surface area (Å²) in [5, 5.41) is 10.4. The molecule has 7 nitrogen and oxygen atoms in total. The van der Waals surface area contributed by atoms with Crippen molar-refractivity contribution in [3.63, 3.8) is 0 Å². The lowest BCUT2D eigenvalue weighted by Gasteiger charge is -2.21. The Kier molecular flexibility index (Phi) is 5.23. The van der Waals surface area contributed by atoms with Crippen molar-refractivity contribution in [1.29, 1.82) is 0 Å². The number of ether oxygens (including phenoxy) is 1. The zero-order valence-corrected chi connectivity index (χ0v) is 16.2. The average Bonchev–Trinajstić information content (AvgIpc) is 2.95. The van der Waals surface area contributed by atoms with Crippen molar-refractivity contribution in [2.24, 2.45) is 0 Å². The first kappa shape index (κ1) is 19.3. The zero-order chi connectivity index (χ0) is 19.8. The van der Waals surface area contributed by atoms with Gasteiger partial charge in [0.1, 0.15) is 5.75 Å². The molecule has 2 aromatic rings. The number of anilines is 1. The van der Waals surface area contributed by atoms with Gasteiger partial charge < -0.3 is 14.7 Å². The number of hydrogen-bond donors (Lipinski definition) is 1. The molecule has 1 amide bonds. The maximum Gasteiger partial charge on any atom is 0.242 e. The van der Waals surface area contributed by atoms with E-state index >= 15 is 0 Å². The highest BCUT2D eigenvalue weighted by Crippen LogP contribution is 2.31. The smallest absolute Gasteiger partial charge is 0.242 e. The van der Waals surface area contributed by atoms with Crippen LogP contribution in [0.25, 0.3) is 0 Å². The summed E-state index contributed by atoms with van der Waals surface area (Å²) in [5.74, 6) is 0.519. The molecule has 0 bridgehead atoms. The number of nitrogens with zero attached hydrogens (tertiary/aromatic N) is 2. The van der Waals surface area contributed by atoms with Gasteiger partial charge in [-0.1, -0.05) is 12.1 Å². The number of aliphatic hydroxyl groups is 1. The molecule has 0 spiro atoms. The van der Waals surface area contributed by atoms with E-state index in [2.05, 4.69) is 0 Å². The molecule has 0 aliphatic carbocycles. The van der Waals surface area contributed by atoms with Crippen molar-refractivity contribution in [3.8, 4) is 5.75 Å². The minimum atomic E-state index is -3.80. The third kappa shape index (κ3) is 3.69. The number of amides is 1. The van der Waals surface area contributed by atoms with Gasteiger partial charge in [0.25, 0.3) is 0 Å². The lowest BCUT2D eigenvalue weighted by Crippen LogP contribution is -2.31. The maximum absolute atomic E-state index is 12.9. The van der Waals surface area contributed by atoms with E-state index in [1.807, 2.05) is 0 Å². The van der Waals surface area contributed by atoms with Crippen LogP contribution in [0.5, 0.6) is 5.75 Å². The molecule has 2 aromatic carbocycles. The molecular weight excluding hydrogens is 368 g/mol. The molecule has 1 N–H and O–H groups in total. The van der Waals surface area contributed by atoms with Gasteiger partial charge in [0.05, 0.1) is 24.5 Å². The highest BCUT2D eigenvalue weighted by Gasteiger charge is 2.29. The Bertz CT molecular complexity index is 974. The molecule has 1 aliphatic rings. The summed E-state index contributed by atoms with van der Waals surface area (Å²) in [6, 6.07) is 11.5. The molecule has 8 heteroatoms. The lowest BCUT2D eigenvalue weighted by molar-refractivity contribution is -0.117.